The fraction of sp³-hybridized carbons (Fsp3) is 0.350. The number of ketones is 1. The normalized spacial score (nSPS) is 12.7. The van der Waals surface area contributed by atoms with Crippen LogP contribution in [0.4, 0.5) is 0 Å². The maximum absolute atomic E-state index is 12.9. The summed E-state index contributed by atoms with van der Waals surface area (Å²) < 4.78 is 32.3. The topological polar surface area (TPSA) is 87.8 Å². The number of sulfonamides is 1. The summed E-state index contributed by atoms with van der Waals surface area (Å²) in [5.41, 5.74) is 0.948. The van der Waals surface area contributed by atoms with Gasteiger partial charge >= 0.3 is 0 Å². The highest BCUT2D eigenvalue weighted by molar-refractivity contribution is 7.89. The molecule has 6 nitrogen and oxygen atoms in total. The zero-order valence-electron chi connectivity index (χ0n) is 15.4. The molecule has 144 valence electrons. The van der Waals surface area contributed by atoms with Gasteiger partial charge in [-0.25, -0.2) is 8.42 Å². The molecular formula is C20H23NO5S. The molecule has 0 aliphatic rings. The number of carbonyl (C=O) groups is 1. The Kier molecular flexibility index (Phi) is 6.97. The molecule has 0 bridgehead atoms. The van der Waals surface area contributed by atoms with Crippen LogP contribution in [0.2, 0.25) is 0 Å². The van der Waals surface area contributed by atoms with E-state index in [9.17, 15) is 18.3 Å². The van der Waals surface area contributed by atoms with E-state index in [1.807, 2.05) is 6.92 Å². The van der Waals surface area contributed by atoms with E-state index in [0.29, 0.717) is 12.2 Å². The maximum atomic E-state index is 12.9. The molecule has 0 fully saturated rings. The molecule has 0 saturated carbocycles. The number of hydrogen-bond acceptors (Lipinski definition) is 5. The number of Topliss-reactive ketones (excluding diaryl/α,β-unsaturated/α-hetero) is 1. The third-order valence-corrected chi connectivity index (χ3v) is 5.79. The number of rotatable bonds is 9. The van der Waals surface area contributed by atoms with Crippen molar-refractivity contribution in [2.24, 2.45) is 0 Å². The number of terminal acetylenes is 1. The monoisotopic (exact) mass is 389 g/mol. The molecule has 1 unspecified atom stereocenters. The number of aliphatic hydroxyl groups excluding tert-OH is 1. The number of aryl methyl sites for hydroxylation is 1. The van der Waals surface area contributed by atoms with E-state index in [4.69, 9.17) is 10.8 Å². The minimum absolute atomic E-state index is 0.0793. The summed E-state index contributed by atoms with van der Waals surface area (Å²) in [6.07, 6.45) is 5.25. The van der Waals surface area contributed by atoms with Gasteiger partial charge in [0.15, 0.2) is 11.5 Å². The first kappa shape index (κ1) is 20.9. The van der Waals surface area contributed by atoms with Gasteiger partial charge in [-0.2, -0.15) is 4.31 Å². The van der Waals surface area contributed by atoms with Gasteiger partial charge < -0.3 is 9.52 Å². The van der Waals surface area contributed by atoms with Crippen LogP contribution >= 0.6 is 0 Å². The lowest BCUT2D eigenvalue weighted by molar-refractivity contribution is 0.0920. The number of hydrogen-bond donors (Lipinski definition) is 1. The standard InChI is InChI=1S/C20H23NO5S/c1-4-13-21(27(24,25)18-9-5-15(2)6-10-18)14-17-8-12-20(26-17)19(23)11-7-16(3)22/h1,5-6,8-10,12,16,22H,7,11,13-14H2,2-3H3. The second kappa shape index (κ2) is 9.00. The lowest BCUT2D eigenvalue weighted by atomic mass is 10.1. The molecule has 1 heterocycles. The van der Waals surface area contributed by atoms with Gasteiger partial charge in [0.2, 0.25) is 10.0 Å². The molecule has 1 aromatic heterocycles. The molecule has 2 rings (SSSR count). The number of benzene rings is 1. The molecule has 0 saturated heterocycles. The third-order valence-electron chi connectivity index (χ3n) is 3.98. The van der Waals surface area contributed by atoms with Crippen LogP contribution in [0.5, 0.6) is 0 Å². The molecule has 1 N–H and O–H groups in total. The van der Waals surface area contributed by atoms with E-state index >= 15 is 0 Å². The van der Waals surface area contributed by atoms with Crippen LogP contribution in [0.1, 0.15) is 41.6 Å². The van der Waals surface area contributed by atoms with Gasteiger partial charge in [-0.3, -0.25) is 4.79 Å². The van der Waals surface area contributed by atoms with E-state index in [1.54, 1.807) is 25.1 Å². The SMILES string of the molecule is C#CCN(Cc1ccc(C(=O)CCC(C)O)o1)S(=O)(=O)c1ccc(C)cc1. The van der Waals surface area contributed by atoms with Gasteiger partial charge in [-0.05, 0) is 44.5 Å². The summed E-state index contributed by atoms with van der Waals surface area (Å²) in [5, 5.41) is 9.27. The summed E-state index contributed by atoms with van der Waals surface area (Å²) in [7, 11) is -3.80. The zero-order valence-corrected chi connectivity index (χ0v) is 16.2. The predicted molar refractivity (Wildman–Crippen MR) is 102 cm³/mol. The molecular weight excluding hydrogens is 366 g/mol. The molecule has 0 amide bonds. The minimum Gasteiger partial charge on any atom is -0.457 e. The lowest BCUT2D eigenvalue weighted by Gasteiger charge is -2.19. The van der Waals surface area contributed by atoms with Gasteiger partial charge in [0.25, 0.3) is 0 Å². The van der Waals surface area contributed by atoms with Gasteiger partial charge in [0.1, 0.15) is 5.76 Å². The number of carbonyl (C=O) groups excluding carboxylic acids is 1. The zero-order chi connectivity index (χ0) is 20.0. The molecule has 1 atom stereocenters. The Hall–Kier alpha value is -2.40. The van der Waals surface area contributed by atoms with Crippen molar-refractivity contribution < 1.29 is 22.7 Å². The Morgan fingerprint density at radius 3 is 2.52 bits per heavy atom. The van der Waals surface area contributed by atoms with Gasteiger partial charge in [-0.1, -0.05) is 23.6 Å². The summed E-state index contributed by atoms with van der Waals surface area (Å²) >= 11 is 0. The molecule has 0 aliphatic carbocycles. The highest BCUT2D eigenvalue weighted by Gasteiger charge is 2.25. The quantitative estimate of drug-likeness (QED) is 0.526. The fourth-order valence-corrected chi connectivity index (χ4v) is 3.76. The highest BCUT2D eigenvalue weighted by Crippen LogP contribution is 2.20. The average molecular weight is 389 g/mol. The first-order chi connectivity index (χ1) is 12.7. The Morgan fingerprint density at radius 2 is 1.93 bits per heavy atom. The Labute approximate surface area is 159 Å². The molecule has 7 heteroatoms. The van der Waals surface area contributed by atoms with Crippen LogP contribution in [0, 0.1) is 19.3 Å². The van der Waals surface area contributed by atoms with E-state index in [2.05, 4.69) is 5.92 Å². The van der Waals surface area contributed by atoms with Crippen molar-refractivity contribution in [3.63, 3.8) is 0 Å². The van der Waals surface area contributed by atoms with Crippen molar-refractivity contribution >= 4 is 15.8 Å². The van der Waals surface area contributed by atoms with Crippen LogP contribution in [-0.4, -0.2) is 36.3 Å². The maximum Gasteiger partial charge on any atom is 0.244 e. The van der Waals surface area contributed by atoms with Crippen molar-refractivity contribution in [3.05, 3.63) is 53.5 Å². The molecule has 0 radical (unpaired) electrons. The van der Waals surface area contributed by atoms with Crippen LogP contribution < -0.4 is 0 Å². The third kappa shape index (κ3) is 5.54. The Balaban J connectivity index is 2.18. The van der Waals surface area contributed by atoms with Gasteiger partial charge in [0, 0.05) is 6.42 Å². The highest BCUT2D eigenvalue weighted by atomic mass is 32.2. The molecule has 1 aromatic carbocycles. The summed E-state index contributed by atoms with van der Waals surface area (Å²) in [5.74, 6) is 2.56. The summed E-state index contributed by atoms with van der Waals surface area (Å²) in [6.45, 7) is 3.27. The van der Waals surface area contributed by atoms with Crippen LogP contribution in [0.25, 0.3) is 0 Å². The van der Waals surface area contributed by atoms with Crippen LogP contribution in [0.15, 0.2) is 45.7 Å². The first-order valence-electron chi connectivity index (χ1n) is 8.54. The minimum atomic E-state index is -3.80. The first-order valence-corrected chi connectivity index (χ1v) is 9.98. The van der Waals surface area contributed by atoms with E-state index in [1.165, 1.54) is 18.2 Å². The van der Waals surface area contributed by atoms with E-state index < -0.39 is 16.1 Å². The van der Waals surface area contributed by atoms with Crippen molar-refractivity contribution in [1.82, 2.24) is 4.31 Å². The summed E-state index contributed by atoms with van der Waals surface area (Å²) in [6, 6.07) is 9.55. The lowest BCUT2D eigenvalue weighted by Crippen LogP contribution is -2.31. The summed E-state index contributed by atoms with van der Waals surface area (Å²) in [4.78, 5) is 12.2. The Morgan fingerprint density at radius 1 is 1.26 bits per heavy atom. The molecule has 2 aromatic rings. The van der Waals surface area contributed by atoms with Crippen LogP contribution in [-0.2, 0) is 16.6 Å². The predicted octanol–water partition coefficient (Wildman–Crippen LogP) is 2.76. The molecule has 27 heavy (non-hydrogen) atoms. The number of aliphatic hydroxyl groups is 1. The molecule has 0 aliphatic heterocycles. The Bertz CT molecular complexity index is 920. The van der Waals surface area contributed by atoms with Crippen molar-refractivity contribution in [2.75, 3.05) is 6.54 Å². The van der Waals surface area contributed by atoms with E-state index in [-0.39, 0.29) is 35.9 Å². The largest absolute Gasteiger partial charge is 0.457 e. The van der Waals surface area contributed by atoms with E-state index in [0.717, 1.165) is 9.87 Å². The van der Waals surface area contributed by atoms with Crippen molar-refractivity contribution in [2.45, 2.75) is 44.2 Å². The van der Waals surface area contributed by atoms with Crippen molar-refractivity contribution in [3.8, 4) is 12.3 Å². The van der Waals surface area contributed by atoms with Gasteiger partial charge in [0.05, 0.1) is 24.1 Å². The second-order valence-corrected chi connectivity index (χ2v) is 8.31. The molecule has 0 spiro atoms. The number of furan rings is 1. The van der Waals surface area contributed by atoms with Gasteiger partial charge in [-0.15, -0.1) is 6.42 Å². The second-order valence-electron chi connectivity index (χ2n) is 6.37. The number of nitrogens with zero attached hydrogens (tertiary/aromatic N) is 1. The smallest absolute Gasteiger partial charge is 0.244 e. The average Bonchev–Trinajstić information content (AvgIpc) is 3.08. The van der Waals surface area contributed by atoms with Crippen molar-refractivity contribution in [1.29, 1.82) is 0 Å². The fourth-order valence-electron chi connectivity index (χ4n) is 2.44. The van der Waals surface area contributed by atoms with Crippen LogP contribution in [0.3, 0.4) is 0 Å².